The topological polar surface area (TPSA) is 102 Å². The SMILES string of the molecule is O=C(O)C(CCNC(=O)N1CC1)NC(=O)N1CC1. The van der Waals surface area contributed by atoms with Gasteiger partial charge >= 0.3 is 18.0 Å². The van der Waals surface area contributed by atoms with Gasteiger partial charge in [-0.3, -0.25) is 0 Å². The molecule has 2 rings (SSSR count). The third kappa shape index (κ3) is 3.51. The maximum absolute atomic E-state index is 11.4. The fourth-order valence-corrected chi connectivity index (χ4v) is 1.44. The molecule has 4 amide bonds. The normalized spacial score (nSPS) is 18.0. The number of carbonyl (C=O) groups is 3. The zero-order valence-corrected chi connectivity index (χ0v) is 9.89. The van der Waals surface area contributed by atoms with Gasteiger partial charge in [-0.05, 0) is 6.42 Å². The van der Waals surface area contributed by atoms with Crippen LogP contribution in [-0.4, -0.2) is 71.7 Å². The molecule has 2 saturated heterocycles. The lowest BCUT2D eigenvalue weighted by Gasteiger charge is -2.15. The fourth-order valence-electron chi connectivity index (χ4n) is 1.44. The molecule has 0 aromatic heterocycles. The van der Waals surface area contributed by atoms with Gasteiger partial charge in [-0.2, -0.15) is 0 Å². The Kier molecular flexibility index (Phi) is 3.54. The molecule has 3 N–H and O–H groups in total. The number of carbonyl (C=O) groups excluding carboxylic acids is 2. The molecular weight excluding hydrogens is 240 g/mol. The third-order valence-corrected chi connectivity index (χ3v) is 2.77. The van der Waals surface area contributed by atoms with Gasteiger partial charge < -0.3 is 25.5 Å². The summed E-state index contributed by atoms with van der Waals surface area (Å²) in [7, 11) is 0. The summed E-state index contributed by atoms with van der Waals surface area (Å²) in [6.07, 6.45) is 0.175. The molecule has 1 unspecified atom stereocenters. The molecule has 0 aromatic carbocycles. The average molecular weight is 256 g/mol. The summed E-state index contributed by atoms with van der Waals surface area (Å²) in [4.78, 5) is 36.7. The van der Waals surface area contributed by atoms with Crippen LogP contribution in [0.5, 0.6) is 0 Å². The molecule has 8 nitrogen and oxygen atoms in total. The molecule has 18 heavy (non-hydrogen) atoms. The minimum Gasteiger partial charge on any atom is -0.480 e. The third-order valence-electron chi connectivity index (χ3n) is 2.77. The zero-order chi connectivity index (χ0) is 13.1. The van der Waals surface area contributed by atoms with E-state index in [0.29, 0.717) is 13.1 Å². The summed E-state index contributed by atoms with van der Waals surface area (Å²) in [6.45, 7) is 3.07. The van der Waals surface area contributed by atoms with Crippen molar-refractivity contribution in [1.82, 2.24) is 20.4 Å². The van der Waals surface area contributed by atoms with Gasteiger partial charge in [0.05, 0.1) is 0 Å². The smallest absolute Gasteiger partial charge is 0.326 e. The molecular formula is C10H16N4O4. The van der Waals surface area contributed by atoms with Crippen molar-refractivity contribution < 1.29 is 19.5 Å². The molecule has 0 saturated carbocycles. The van der Waals surface area contributed by atoms with Crippen molar-refractivity contribution in [3.63, 3.8) is 0 Å². The van der Waals surface area contributed by atoms with Gasteiger partial charge in [-0.1, -0.05) is 0 Å². The van der Waals surface area contributed by atoms with E-state index in [2.05, 4.69) is 10.6 Å². The van der Waals surface area contributed by atoms with E-state index in [0.717, 1.165) is 13.1 Å². The number of urea groups is 2. The van der Waals surface area contributed by atoms with Crippen molar-refractivity contribution in [1.29, 1.82) is 0 Å². The average Bonchev–Trinajstić information content (AvgIpc) is 3.19. The number of hydrogen-bond acceptors (Lipinski definition) is 3. The molecule has 0 aliphatic carbocycles. The Morgan fingerprint density at radius 3 is 2.11 bits per heavy atom. The molecule has 2 heterocycles. The fraction of sp³-hybridized carbons (Fsp3) is 0.700. The Labute approximate surface area is 104 Å². The highest BCUT2D eigenvalue weighted by molar-refractivity contribution is 5.83. The van der Waals surface area contributed by atoms with E-state index in [1.165, 1.54) is 4.90 Å². The second-order valence-corrected chi connectivity index (χ2v) is 4.34. The number of amides is 4. The molecule has 1 atom stereocenters. The summed E-state index contributed by atoms with van der Waals surface area (Å²) in [5.74, 6) is -1.09. The van der Waals surface area contributed by atoms with E-state index in [1.807, 2.05) is 0 Å². The van der Waals surface area contributed by atoms with E-state index in [4.69, 9.17) is 5.11 Å². The summed E-state index contributed by atoms with van der Waals surface area (Å²) < 4.78 is 0. The minimum absolute atomic E-state index is 0.175. The molecule has 2 aliphatic rings. The zero-order valence-electron chi connectivity index (χ0n) is 9.89. The van der Waals surface area contributed by atoms with Crippen LogP contribution < -0.4 is 10.6 Å². The van der Waals surface area contributed by atoms with Crippen LogP contribution >= 0.6 is 0 Å². The van der Waals surface area contributed by atoms with Crippen LogP contribution in [0.15, 0.2) is 0 Å². The summed E-state index contributed by atoms with van der Waals surface area (Å²) >= 11 is 0. The van der Waals surface area contributed by atoms with Gasteiger partial charge in [0.25, 0.3) is 0 Å². The van der Waals surface area contributed by atoms with Gasteiger partial charge in [-0.15, -0.1) is 0 Å². The van der Waals surface area contributed by atoms with Gasteiger partial charge in [0, 0.05) is 32.7 Å². The summed E-state index contributed by atoms with van der Waals surface area (Å²) in [5.41, 5.74) is 0. The number of nitrogens with zero attached hydrogens (tertiary/aromatic N) is 2. The second-order valence-electron chi connectivity index (χ2n) is 4.34. The highest BCUT2D eigenvalue weighted by atomic mass is 16.4. The van der Waals surface area contributed by atoms with Gasteiger partial charge in [0.15, 0.2) is 0 Å². The van der Waals surface area contributed by atoms with Crippen molar-refractivity contribution in [2.75, 3.05) is 32.7 Å². The Bertz CT molecular complexity index is 365. The largest absolute Gasteiger partial charge is 0.480 e. The molecule has 0 spiro atoms. The summed E-state index contributed by atoms with van der Waals surface area (Å²) in [5, 5.41) is 14.0. The van der Waals surface area contributed by atoms with Gasteiger partial charge in [-0.25, -0.2) is 14.4 Å². The lowest BCUT2D eigenvalue weighted by Crippen LogP contribution is -2.45. The quantitative estimate of drug-likeness (QED) is 0.542. The highest BCUT2D eigenvalue weighted by Crippen LogP contribution is 2.05. The number of rotatable bonds is 5. The van der Waals surface area contributed by atoms with E-state index in [-0.39, 0.29) is 25.0 Å². The first-order chi connectivity index (χ1) is 8.58. The molecule has 0 radical (unpaired) electrons. The lowest BCUT2D eigenvalue weighted by molar-refractivity contribution is -0.139. The van der Waals surface area contributed by atoms with Crippen molar-refractivity contribution in [2.24, 2.45) is 0 Å². The molecule has 2 fully saturated rings. The van der Waals surface area contributed by atoms with Gasteiger partial charge in [0.2, 0.25) is 0 Å². The van der Waals surface area contributed by atoms with Crippen molar-refractivity contribution in [3.8, 4) is 0 Å². The Morgan fingerprint density at radius 1 is 1.06 bits per heavy atom. The van der Waals surface area contributed by atoms with Crippen LogP contribution in [0.1, 0.15) is 6.42 Å². The first kappa shape index (κ1) is 12.5. The molecule has 8 heteroatoms. The highest BCUT2D eigenvalue weighted by Gasteiger charge is 2.29. The Balaban J connectivity index is 1.69. The minimum atomic E-state index is -1.09. The van der Waals surface area contributed by atoms with Crippen LogP contribution in [-0.2, 0) is 4.79 Å². The molecule has 100 valence electrons. The molecule has 0 aromatic rings. The van der Waals surface area contributed by atoms with Crippen molar-refractivity contribution >= 4 is 18.0 Å². The number of hydrogen-bond donors (Lipinski definition) is 3. The maximum atomic E-state index is 11.4. The Hall–Kier alpha value is -1.99. The maximum Gasteiger partial charge on any atom is 0.326 e. The van der Waals surface area contributed by atoms with E-state index < -0.39 is 12.0 Å². The van der Waals surface area contributed by atoms with Crippen LogP contribution in [0.25, 0.3) is 0 Å². The van der Waals surface area contributed by atoms with Crippen LogP contribution in [0.2, 0.25) is 0 Å². The molecule has 2 aliphatic heterocycles. The van der Waals surface area contributed by atoms with E-state index in [9.17, 15) is 14.4 Å². The lowest BCUT2D eigenvalue weighted by atomic mass is 10.2. The van der Waals surface area contributed by atoms with E-state index >= 15 is 0 Å². The monoisotopic (exact) mass is 256 g/mol. The Morgan fingerprint density at radius 2 is 1.61 bits per heavy atom. The number of carboxylic acids is 1. The van der Waals surface area contributed by atoms with Gasteiger partial charge in [0.1, 0.15) is 6.04 Å². The van der Waals surface area contributed by atoms with Crippen LogP contribution in [0, 0.1) is 0 Å². The van der Waals surface area contributed by atoms with E-state index in [1.54, 1.807) is 4.90 Å². The van der Waals surface area contributed by atoms with Crippen molar-refractivity contribution in [3.05, 3.63) is 0 Å². The number of carboxylic acid groups (broad SMARTS) is 1. The number of nitrogens with one attached hydrogen (secondary N) is 2. The second kappa shape index (κ2) is 5.11. The predicted molar refractivity (Wildman–Crippen MR) is 61.1 cm³/mol. The number of aliphatic carboxylic acids is 1. The van der Waals surface area contributed by atoms with Crippen LogP contribution in [0.4, 0.5) is 9.59 Å². The first-order valence-corrected chi connectivity index (χ1v) is 5.89. The summed E-state index contributed by atoms with van der Waals surface area (Å²) in [6, 6.07) is -1.51. The molecule has 0 bridgehead atoms. The standard InChI is InChI=1S/C10H16N4O4/c15-8(16)7(12-10(18)14-5-6-14)1-2-11-9(17)13-3-4-13/h7H,1-6H2,(H,11,17)(H,12,18)(H,15,16). The van der Waals surface area contributed by atoms with Crippen molar-refractivity contribution in [2.45, 2.75) is 12.5 Å². The van der Waals surface area contributed by atoms with Crippen LogP contribution in [0.3, 0.4) is 0 Å². The first-order valence-electron chi connectivity index (χ1n) is 5.89. The predicted octanol–water partition coefficient (Wildman–Crippen LogP) is -1.12.